The van der Waals surface area contributed by atoms with Crippen LogP contribution in [0.1, 0.15) is 32.4 Å². The Morgan fingerprint density at radius 1 is 1.18 bits per heavy atom. The molecule has 0 radical (unpaired) electrons. The molecule has 2 unspecified atom stereocenters. The summed E-state index contributed by atoms with van der Waals surface area (Å²) in [6.45, 7) is 5.93. The summed E-state index contributed by atoms with van der Waals surface area (Å²) in [5.41, 5.74) is 0.438. The van der Waals surface area contributed by atoms with Gasteiger partial charge in [0.15, 0.2) is 0 Å². The van der Waals surface area contributed by atoms with Gasteiger partial charge in [0.25, 0.3) is 0 Å². The van der Waals surface area contributed by atoms with Crippen molar-refractivity contribution < 1.29 is 14.9 Å². The van der Waals surface area contributed by atoms with Crippen LogP contribution in [0.3, 0.4) is 0 Å². The largest absolute Gasteiger partial charge is 0.488 e. The monoisotopic (exact) mass is 302 g/mol. The summed E-state index contributed by atoms with van der Waals surface area (Å²) < 4.78 is 5.67. The standard InChI is InChI=1S/C13H19BrO3/c1-13(2,3)17-10-6-4-9(5-7-10)12(16)11(15)8-14/h4-7,11-12,15-16H,8H2,1-3H3. The second kappa shape index (κ2) is 5.85. The number of alkyl halides is 1. The Labute approximate surface area is 111 Å². The van der Waals surface area contributed by atoms with E-state index < -0.39 is 12.2 Å². The van der Waals surface area contributed by atoms with E-state index in [0.29, 0.717) is 10.9 Å². The summed E-state index contributed by atoms with van der Waals surface area (Å²) in [6.07, 6.45) is -1.68. The fourth-order valence-corrected chi connectivity index (χ4v) is 1.75. The molecule has 0 amide bonds. The maximum atomic E-state index is 9.79. The predicted octanol–water partition coefficient (Wildman–Crippen LogP) is 2.65. The Hall–Kier alpha value is -0.580. The number of benzene rings is 1. The first-order valence-corrected chi connectivity index (χ1v) is 6.67. The molecule has 0 bridgehead atoms. The lowest BCUT2D eigenvalue weighted by atomic mass is 10.1. The molecule has 0 aromatic heterocycles. The lowest BCUT2D eigenvalue weighted by Gasteiger charge is -2.22. The highest BCUT2D eigenvalue weighted by Crippen LogP contribution is 2.23. The lowest BCUT2D eigenvalue weighted by Crippen LogP contribution is -2.23. The van der Waals surface area contributed by atoms with E-state index in [0.717, 1.165) is 5.75 Å². The number of hydrogen-bond donors (Lipinski definition) is 2. The third-order valence-corrected chi connectivity index (χ3v) is 2.83. The average Bonchev–Trinajstić information content (AvgIpc) is 2.26. The molecule has 1 aromatic rings. The van der Waals surface area contributed by atoms with E-state index >= 15 is 0 Å². The van der Waals surface area contributed by atoms with Crippen LogP contribution in [-0.2, 0) is 0 Å². The molecular weight excluding hydrogens is 284 g/mol. The third-order valence-electron chi connectivity index (χ3n) is 2.17. The number of rotatable bonds is 4. The number of halogens is 1. The van der Waals surface area contributed by atoms with E-state index in [-0.39, 0.29) is 5.60 Å². The highest BCUT2D eigenvalue weighted by Gasteiger charge is 2.17. The van der Waals surface area contributed by atoms with Gasteiger partial charge in [-0.1, -0.05) is 28.1 Å². The normalized spacial score (nSPS) is 15.4. The Balaban J connectivity index is 2.74. The SMILES string of the molecule is CC(C)(C)Oc1ccc(C(O)C(O)CBr)cc1. The molecule has 0 fully saturated rings. The second-order valence-corrected chi connectivity index (χ2v) is 5.60. The van der Waals surface area contributed by atoms with E-state index in [2.05, 4.69) is 15.9 Å². The average molecular weight is 303 g/mol. The quantitative estimate of drug-likeness (QED) is 0.841. The van der Waals surface area contributed by atoms with E-state index in [1.807, 2.05) is 20.8 Å². The maximum absolute atomic E-state index is 9.79. The molecule has 0 heterocycles. The summed E-state index contributed by atoms with van der Waals surface area (Å²) in [5.74, 6) is 0.752. The van der Waals surface area contributed by atoms with Crippen molar-refractivity contribution in [3.05, 3.63) is 29.8 Å². The highest BCUT2D eigenvalue weighted by atomic mass is 79.9. The molecule has 0 aliphatic rings. The van der Waals surface area contributed by atoms with Crippen molar-refractivity contribution in [2.24, 2.45) is 0 Å². The minimum atomic E-state index is -0.877. The minimum Gasteiger partial charge on any atom is -0.488 e. The van der Waals surface area contributed by atoms with Crippen LogP contribution in [0.4, 0.5) is 0 Å². The van der Waals surface area contributed by atoms with E-state index in [1.165, 1.54) is 0 Å². The topological polar surface area (TPSA) is 49.7 Å². The Kier molecular flexibility index (Phi) is 4.98. The minimum absolute atomic E-state index is 0.241. The van der Waals surface area contributed by atoms with Gasteiger partial charge in [0.2, 0.25) is 0 Å². The Morgan fingerprint density at radius 3 is 2.12 bits per heavy atom. The molecule has 4 heteroatoms. The number of aliphatic hydroxyl groups excluding tert-OH is 2. The summed E-state index contributed by atoms with van der Waals surface area (Å²) in [6, 6.07) is 7.12. The Bertz CT molecular complexity index is 343. The van der Waals surface area contributed by atoms with Crippen LogP contribution in [0.15, 0.2) is 24.3 Å². The van der Waals surface area contributed by atoms with Crippen LogP contribution in [0.5, 0.6) is 5.75 Å². The van der Waals surface area contributed by atoms with Gasteiger partial charge in [-0.05, 0) is 38.5 Å². The lowest BCUT2D eigenvalue weighted by molar-refractivity contribution is 0.0342. The molecule has 0 aliphatic heterocycles. The van der Waals surface area contributed by atoms with Gasteiger partial charge in [0.05, 0.1) is 6.10 Å². The van der Waals surface area contributed by atoms with Crippen LogP contribution in [0, 0.1) is 0 Å². The van der Waals surface area contributed by atoms with Crippen molar-refractivity contribution in [1.82, 2.24) is 0 Å². The van der Waals surface area contributed by atoms with Gasteiger partial charge in [-0.15, -0.1) is 0 Å². The van der Waals surface area contributed by atoms with Crippen molar-refractivity contribution in [2.45, 2.75) is 38.6 Å². The van der Waals surface area contributed by atoms with Crippen molar-refractivity contribution in [2.75, 3.05) is 5.33 Å². The Morgan fingerprint density at radius 2 is 1.71 bits per heavy atom. The summed E-state index contributed by atoms with van der Waals surface area (Å²) >= 11 is 3.13. The first-order chi connectivity index (χ1) is 7.83. The molecule has 0 saturated carbocycles. The molecule has 2 atom stereocenters. The zero-order chi connectivity index (χ0) is 13.1. The molecule has 3 nitrogen and oxygen atoms in total. The van der Waals surface area contributed by atoms with Gasteiger partial charge in [0, 0.05) is 5.33 Å². The molecule has 1 aromatic carbocycles. The summed E-state index contributed by atoms with van der Waals surface area (Å²) in [7, 11) is 0. The van der Waals surface area contributed by atoms with Crippen molar-refractivity contribution >= 4 is 15.9 Å². The van der Waals surface area contributed by atoms with E-state index in [9.17, 15) is 10.2 Å². The van der Waals surface area contributed by atoms with Gasteiger partial charge in [-0.25, -0.2) is 0 Å². The number of hydrogen-bond acceptors (Lipinski definition) is 3. The number of ether oxygens (including phenoxy) is 1. The fourth-order valence-electron chi connectivity index (χ4n) is 1.39. The highest BCUT2D eigenvalue weighted by molar-refractivity contribution is 9.09. The van der Waals surface area contributed by atoms with E-state index in [1.54, 1.807) is 24.3 Å². The number of aliphatic hydroxyl groups is 2. The van der Waals surface area contributed by atoms with Crippen molar-refractivity contribution in [1.29, 1.82) is 0 Å². The fraction of sp³-hybridized carbons (Fsp3) is 0.538. The summed E-state index contributed by atoms with van der Waals surface area (Å²) in [4.78, 5) is 0. The van der Waals surface area contributed by atoms with Crippen molar-refractivity contribution in [3.8, 4) is 5.75 Å². The zero-order valence-electron chi connectivity index (χ0n) is 10.4. The van der Waals surface area contributed by atoms with Crippen LogP contribution in [0.2, 0.25) is 0 Å². The zero-order valence-corrected chi connectivity index (χ0v) is 11.9. The first-order valence-electron chi connectivity index (χ1n) is 5.54. The molecular formula is C13H19BrO3. The maximum Gasteiger partial charge on any atom is 0.120 e. The van der Waals surface area contributed by atoms with Crippen LogP contribution in [0.25, 0.3) is 0 Å². The van der Waals surface area contributed by atoms with Gasteiger partial charge >= 0.3 is 0 Å². The molecule has 1 rings (SSSR count). The molecule has 2 N–H and O–H groups in total. The van der Waals surface area contributed by atoms with Gasteiger partial charge in [-0.2, -0.15) is 0 Å². The van der Waals surface area contributed by atoms with Gasteiger partial charge in [-0.3, -0.25) is 0 Å². The molecule has 96 valence electrons. The third kappa shape index (κ3) is 4.66. The van der Waals surface area contributed by atoms with Gasteiger partial charge < -0.3 is 14.9 Å². The molecule has 0 spiro atoms. The van der Waals surface area contributed by atoms with Crippen LogP contribution < -0.4 is 4.74 Å². The van der Waals surface area contributed by atoms with E-state index in [4.69, 9.17) is 4.74 Å². The van der Waals surface area contributed by atoms with Gasteiger partial charge in [0.1, 0.15) is 17.5 Å². The molecule has 0 aliphatic carbocycles. The van der Waals surface area contributed by atoms with Crippen LogP contribution in [-0.4, -0.2) is 27.2 Å². The van der Waals surface area contributed by atoms with Crippen LogP contribution >= 0.6 is 15.9 Å². The molecule has 0 saturated heterocycles. The molecule has 17 heavy (non-hydrogen) atoms. The van der Waals surface area contributed by atoms with Crippen molar-refractivity contribution in [3.63, 3.8) is 0 Å². The smallest absolute Gasteiger partial charge is 0.120 e. The summed E-state index contributed by atoms with van der Waals surface area (Å²) in [5, 5.41) is 19.6. The predicted molar refractivity (Wildman–Crippen MR) is 71.6 cm³/mol. The first kappa shape index (κ1) is 14.5. The second-order valence-electron chi connectivity index (χ2n) is 4.95.